The highest BCUT2D eigenvalue weighted by atomic mass is 32.2. The Bertz CT molecular complexity index is 1490. The van der Waals surface area contributed by atoms with E-state index in [4.69, 9.17) is 9.58 Å². The van der Waals surface area contributed by atoms with Crippen molar-refractivity contribution in [1.82, 2.24) is 0 Å². The molecule has 0 heterocycles. The van der Waals surface area contributed by atoms with E-state index in [-0.39, 0.29) is 38.3 Å². The van der Waals surface area contributed by atoms with Crippen LogP contribution in [0.3, 0.4) is 0 Å². The number of hydrogen-bond acceptors (Lipinski definition) is 6. The number of aromatic hydroxyl groups is 1. The average Bonchev–Trinajstić information content (AvgIpc) is 2.79. The van der Waals surface area contributed by atoms with Crippen LogP contribution >= 0.6 is 0 Å². The summed E-state index contributed by atoms with van der Waals surface area (Å²) in [6, 6.07) is 20.5. The summed E-state index contributed by atoms with van der Waals surface area (Å²) < 4.78 is 31.3. The summed E-state index contributed by atoms with van der Waals surface area (Å²) in [4.78, 5) is 2.77. The van der Waals surface area contributed by atoms with Crippen LogP contribution in [0.1, 0.15) is 25.0 Å². The molecule has 0 amide bonds. The van der Waals surface area contributed by atoms with E-state index in [1.807, 2.05) is 26.0 Å². The molecule has 0 aromatic heterocycles. The van der Waals surface area contributed by atoms with Crippen molar-refractivity contribution in [2.75, 3.05) is 0 Å². The van der Waals surface area contributed by atoms with Crippen molar-refractivity contribution in [2.45, 2.75) is 24.2 Å². The summed E-state index contributed by atoms with van der Waals surface area (Å²) in [5.41, 5.74) is 1.35. The number of phenolic OH excluding ortho intramolecular Hbond substituents is 1. The van der Waals surface area contributed by atoms with E-state index in [1.54, 1.807) is 36.4 Å². The number of nitrogens with zero attached hydrogens (tertiary/aromatic N) is 2. The topological polar surface area (TPSA) is 115 Å². The molecule has 7 nitrogen and oxygen atoms in total. The third kappa shape index (κ3) is 4.06. The van der Waals surface area contributed by atoms with Crippen molar-refractivity contribution in [1.29, 1.82) is 5.39 Å². The van der Waals surface area contributed by atoms with E-state index in [1.165, 1.54) is 30.3 Å². The maximum atomic E-state index is 13.0. The molecule has 4 rings (SSSR count). The zero-order chi connectivity index (χ0) is 23.8. The second-order valence-electron chi connectivity index (χ2n) is 8.10. The van der Waals surface area contributed by atoms with E-state index in [0.29, 0.717) is 0 Å². The minimum atomic E-state index is -4.24. The van der Waals surface area contributed by atoms with E-state index in [9.17, 15) is 18.6 Å². The molecule has 0 aliphatic rings. The number of phenols is 1. The molecule has 8 heteroatoms. The smallest absolute Gasteiger partial charge is 0.378 e. The fourth-order valence-electron chi connectivity index (χ4n) is 3.73. The summed E-state index contributed by atoms with van der Waals surface area (Å²) in [5.74, 6) is -0.266. The van der Waals surface area contributed by atoms with Gasteiger partial charge in [0.2, 0.25) is 5.39 Å². The van der Waals surface area contributed by atoms with Crippen molar-refractivity contribution in [2.24, 2.45) is 0 Å². The maximum absolute atomic E-state index is 13.0. The first-order valence-corrected chi connectivity index (χ1v) is 11.5. The SMILES string of the molecule is CC(C)(c1ccc(O)cc1)c1ccc(OS(=O)(=O)c2cccc3c([O-])c([N+]#N)ccc23)cc1. The van der Waals surface area contributed by atoms with Gasteiger partial charge in [0.1, 0.15) is 16.4 Å². The first kappa shape index (κ1) is 22.1. The molecule has 0 bridgehead atoms. The highest BCUT2D eigenvalue weighted by Crippen LogP contribution is 2.37. The first-order chi connectivity index (χ1) is 15.6. The minimum Gasteiger partial charge on any atom is -0.867 e. The van der Waals surface area contributed by atoms with Crippen molar-refractivity contribution >= 4 is 26.6 Å². The molecular weight excluding hydrogens is 440 g/mol. The predicted molar refractivity (Wildman–Crippen MR) is 123 cm³/mol. The highest BCUT2D eigenvalue weighted by Gasteiger charge is 2.25. The molecule has 33 heavy (non-hydrogen) atoms. The average molecular weight is 461 g/mol. The second-order valence-corrected chi connectivity index (χ2v) is 9.61. The Kier molecular flexibility index (Phi) is 5.44. The molecule has 0 saturated heterocycles. The monoisotopic (exact) mass is 460 g/mol. The Hall–Kier alpha value is -4.09. The summed E-state index contributed by atoms with van der Waals surface area (Å²) >= 11 is 0. The van der Waals surface area contributed by atoms with Gasteiger partial charge in [0, 0.05) is 16.9 Å². The van der Waals surface area contributed by atoms with E-state index in [2.05, 4.69) is 4.98 Å². The van der Waals surface area contributed by atoms with Crippen LogP contribution in [-0.2, 0) is 15.5 Å². The van der Waals surface area contributed by atoms with Crippen molar-refractivity contribution < 1.29 is 22.8 Å². The largest absolute Gasteiger partial charge is 0.867 e. The van der Waals surface area contributed by atoms with Gasteiger partial charge in [-0.1, -0.05) is 50.2 Å². The van der Waals surface area contributed by atoms with Crippen LogP contribution in [0.2, 0.25) is 0 Å². The van der Waals surface area contributed by atoms with E-state index < -0.39 is 15.9 Å². The zero-order valence-corrected chi connectivity index (χ0v) is 18.7. The fraction of sp³-hybridized carbons (Fsp3) is 0.120. The van der Waals surface area contributed by atoms with Crippen molar-refractivity contribution in [3.8, 4) is 17.2 Å². The summed E-state index contributed by atoms with van der Waals surface area (Å²) in [5, 5.41) is 31.1. The normalized spacial score (nSPS) is 11.8. The molecule has 0 aliphatic carbocycles. The molecule has 0 aliphatic heterocycles. The summed E-state index contributed by atoms with van der Waals surface area (Å²) in [6.45, 7) is 4.05. The van der Waals surface area contributed by atoms with Gasteiger partial charge in [-0.3, -0.25) is 0 Å². The van der Waals surface area contributed by atoms with Crippen LogP contribution in [0.15, 0.2) is 83.8 Å². The molecule has 0 radical (unpaired) electrons. The predicted octanol–water partition coefficient (Wildman–Crippen LogP) is 5.20. The molecule has 166 valence electrons. The fourth-order valence-corrected chi connectivity index (χ4v) is 4.88. The van der Waals surface area contributed by atoms with E-state index >= 15 is 0 Å². The van der Waals surface area contributed by atoms with Crippen LogP contribution in [0.4, 0.5) is 5.69 Å². The standard InChI is InChI=1S/C25H20N2O5S/c1-25(2,16-6-10-18(28)11-7-16)17-8-12-19(13-9-17)32-33(30,31)23-5-3-4-21-20(23)14-15-22(27-26)24(21)29/h3-15H,1-2H3,(H-,28,29). The van der Waals surface area contributed by atoms with Gasteiger partial charge in [0.25, 0.3) is 0 Å². The van der Waals surface area contributed by atoms with Gasteiger partial charge in [0.05, 0.1) is 0 Å². The number of benzene rings is 4. The van der Waals surface area contributed by atoms with Gasteiger partial charge in [0.15, 0.2) is 4.98 Å². The van der Waals surface area contributed by atoms with Gasteiger partial charge in [-0.25, -0.2) is 0 Å². The Morgan fingerprint density at radius 1 is 0.879 bits per heavy atom. The molecule has 1 N–H and O–H groups in total. The van der Waals surface area contributed by atoms with Crippen molar-refractivity contribution in [3.63, 3.8) is 0 Å². The molecule has 0 saturated carbocycles. The summed E-state index contributed by atoms with van der Waals surface area (Å²) in [7, 11) is -4.24. The van der Waals surface area contributed by atoms with Gasteiger partial charge in [-0.2, -0.15) is 8.42 Å². The molecule has 0 atom stereocenters. The second kappa shape index (κ2) is 8.11. The lowest BCUT2D eigenvalue weighted by molar-refractivity contribution is -0.264. The minimum absolute atomic E-state index is 0.112. The number of hydrogen-bond donors (Lipinski definition) is 1. The van der Waals surface area contributed by atoms with Crippen LogP contribution in [-0.4, -0.2) is 13.5 Å². The van der Waals surface area contributed by atoms with Gasteiger partial charge >= 0.3 is 15.8 Å². The Labute approximate surface area is 191 Å². The van der Waals surface area contributed by atoms with Crippen molar-refractivity contribution in [3.05, 3.63) is 95.0 Å². The van der Waals surface area contributed by atoms with Crippen LogP contribution in [0.25, 0.3) is 15.7 Å². The first-order valence-electron chi connectivity index (χ1n) is 10.1. The van der Waals surface area contributed by atoms with Gasteiger partial charge < -0.3 is 14.4 Å². The van der Waals surface area contributed by atoms with Gasteiger partial charge in [-0.05, 0) is 58.7 Å². The number of rotatable bonds is 5. The lowest BCUT2D eigenvalue weighted by Crippen LogP contribution is -2.18. The third-order valence-electron chi connectivity index (χ3n) is 5.70. The van der Waals surface area contributed by atoms with E-state index in [0.717, 1.165) is 11.1 Å². The lowest BCUT2D eigenvalue weighted by atomic mass is 9.78. The molecule has 4 aromatic carbocycles. The molecule has 4 aromatic rings. The van der Waals surface area contributed by atoms with Crippen LogP contribution < -0.4 is 9.29 Å². The zero-order valence-electron chi connectivity index (χ0n) is 17.9. The quantitative estimate of drug-likeness (QED) is 0.323. The third-order valence-corrected chi connectivity index (χ3v) is 7.01. The Morgan fingerprint density at radius 2 is 1.48 bits per heavy atom. The molecular formula is C25H20N2O5S. The summed E-state index contributed by atoms with van der Waals surface area (Å²) in [6.07, 6.45) is 0. The highest BCUT2D eigenvalue weighted by molar-refractivity contribution is 7.87. The van der Waals surface area contributed by atoms with Crippen LogP contribution in [0, 0.1) is 5.39 Å². The number of diazo groups is 1. The van der Waals surface area contributed by atoms with Gasteiger partial charge in [-0.15, -0.1) is 0 Å². The molecule has 0 fully saturated rings. The lowest BCUT2D eigenvalue weighted by Gasteiger charge is -2.26. The molecule has 0 spiro atoms. The Balaban J connectivity index is 1.65. The molecule has 0 unspecified atom stereocenters. The van der Waals surface area contributed by atoms with Crippen LogP contribution in [0.5, 0.6) is 17.2 Å². The maximum Gasteiger partial charge on any atom is 0.378 e. The Morgan fingerprint density at radius 3 is 2.09 bits per heavy atom. The number of fused-ring (bicyclic) bond motifs is 1.